The predicted octanol–water partition coefficient (Wildman–Crippen LogP) is 6.00. The Morgan fingerprint density at radius 2 is 1.92 bits per heavy atom. The zero-order valence-corrected chi connectivity index (χ0v) is 16.0. The molecule has 0 unspecified atom stereocenters. The van der Waals surface area contributed by atoms with Crippen molar-refractivity contribution >= 4 is 63.7 Å². The van der Waals surface area contributed by atoms with Crippen molar-refractivity contribution in [1.29, 1.82) is 0 Å². The van der Waals surface area contributed by atoms with Crippen LogP contribution in [0.3, 0.4) is 0 Å². The summed E-state index contributed by atoms with van der Waals surface area (Å²) in [6.07, 6.45) is 2.57. The van der Waals surface area contributed by atoms with Crippen molar-refractivity contribution in [3.8, 4) is 0 Å². The zero-order valence-electron chi connectivity index (χ0n) is 12.8. The molecule has 3 nitrogen and oxygen atoms in total. The summed E-state index contributed by atoms with van der Waals surface area (Å²) in [5, 5.41) is 0.537. The van der Waals surface area contributed by atoms with Crippen LogP contribution >= 0.6 is 46.5 Å². The highest BCUT2D eigenvalue weighted by Gasteiger charge is 2.34. The molecule has 0 saturated carbocycles. The Kier molecular flexibility index (Phi) is 5.71. The Balaban J connectivity index is 1.73. The van der Waals surface area contributed by atoms with Crippen LogP contribution in [0.2, 0.25) is 5.02 Å². The van der Waals surface area contributed by atoms with Crippen molar-refractivity contribution in [2.45, 2.75) is 22.4 Å². The maximum absolute atomic E-state index is 12.2. The van der Waals surface area contributed by atoms with Gasteiger partial charge in [0.1, 0.15) is 0 Å². The molecule has 0 bridgehead atoms. The van der Waals surface area contributed by atoms with Crippen molar-refractivity contribution in [3.05, 3.63) is 51.2 Å². The molecular formula is C17H14ClNO2S3. The summed E-state index contributed by atoms with van der Waals surface area (Å²) >= 11 is 10.1. The lowest BCUT2D eigenvalue weighted by atomic mass is 10.3. The fourth-order valence-corrected chi connectivity index (χ4v) is 5.25. The monoisotopic (exact) mass is 395 g/mol. The number of benzene rings is 1. The van der Waals surface area contributed by atoms with Crippen molar-refractivity contribution in [3.63, 3.8) is 0 Å². The van der Waals surface area contributed by atoms with Crippen molar-refractivity contribution < 1.29 is 9.59 Å². The van der Waals surface area contributed by atoms with E-state index in [2.05, 4.69) is 0 Å². The van der Waals surface area contributed by atoms with E-state index in [-0.39, 0.29) is 11.1 Å². The van der Waals surface area contributed by atoms with Crippen LogP contribution in [-0.4, -0.2) is 22.6 Å². The molecule has 0 N–H and O–H groups in total. The molecule has 124 valence electrons. The van der Waals surface area contributed by atoms with E-state index in [1.807, 2.05) is 43.3 Å². The normalized spacial score (nSPS) is 16.4. The Labute approximate surface area is 158 Å². The van der Waals surface area contributed by atoms with E-state index < -0.39 is 0 Å². The highest BCUT2D eigenvalue weighted by atomic mass is 35.5. The summed E-state index contributed by atoms with van der Waals surface area (Å²) in [6, 6.07) is 11.7. The van der Waals surface area contributed by atoms with Gasteiger partial charge in [-0.1, -0.05) is 30.3 Å². The lowest BCUT2D eigenvalue weighted by Gasteiger charge is -2.09. The van der Waals surface area contributed by atoms with Crippen LogP contribution < -0.4 is 0 Å². The Hall–Kier alpha value is -1.21. The van der Waals surface area contributed by atoms with E-state index in [0.29, 0.717) is 16.5 Å². The molecule has 1 aromatic heterocycles. The van der Waals surface area contributed by atoms with Gasteiger partial charge in [-0.25, -0.2) is 0 Å². The summed E-state index contributed by atoms with van der Waals surface area (Å²) < 4.78 is 1.12. The molecule has 1 fully saturated rings. The molecule has 1 aliphatic heterocycles. The largest absolute Gasteiger partial charge is 0.293 e. The van der Waals surface area contributed by atoms with Crippen LogP contribution in [0.4, 0.5) is 4.79 Å². The van der Waals surface area contributed by atoms with Gasteiger partial charge in [0.2, 0.25) is 0 Å². The van der Waals surface area contributed by atoms with E-state index >= 15 is 0 Å². The summed E-state index contributed by atoms with van der Waals surface area (Å²) in [4.78, 5) is 28.0. The second-order valence-corrected chi connectivity index (χ2v) is 8.96. The Morgan fingerprint density at radius 3 is 2.62 bits per heavy atom. The van der Waals surface area contributed by atoms with Gasteiger partial charge in [-0.3, -0.25) is 14.5 Å². The summed E-state index contributed by atoms with van der Waals surface area (Å²) in [7, 11) is 0. The molecule has 1 saturated heterocycles. The average Bonchev–Trinajstić information content (AvgIpc) is 3.10. The molecule has 3 rings (SSSR count). The minimum atomic E-state index is -0.188. The quantitative estimate of drug-likeness (QED) is 0.582. The first-order valence-corrected chi connectivity index (χ1v) is 10.2. The van der Waals surface area contributed by atoms with Gasteiger partial charge >= 0.3 is 0 Å². The zero-order chi connectivity index (χ0) is 17.1. The van der Waals surface area contributed by atoms with Crippen LogP contribution in [0.1, 0.15) is 18.2 Å². The maximum Gasteiger partial charge on any atom is 0.293 e. The van der Waals surface area contributed by atoms with Gasteiger partial charge < -0.3 is 0 Å². The Bertz CT molecular complexity index is 798. The fraction of sp³-hybridized carbons (Fsp3) is 0.176. The molecular weight excluding hydrogens is 382 g/mol. The van der Waals surface area contributed by atoms with Crippen LogP contribution in [0, 0.1) is 0 Å². The summed E-state index contributed by atoms with van der Waals surface area (Å²) in [5.41, 5.74) is 0. The van der Waals surface area contributed by atoms with Crippen LogP contribution in [-0.2, 0) is 4.79 Å². The van der Waals surface area contributed by atoms with Gasteiger partial charge in [0, 0.05) is 21.3 Å². The molecule has 7 heteroatoms. The van der Waals surface area contributed by atoms with Crippen LogP contribution in [0.15, 0.2) is 50.4 Å². The average molecular weight is 396 g/mol. The minimum Gasteiger partial charge on any atom is -0.268 e. The van der Waals surface area contributed by atoms with Gasteiger partial charge in [-0.05, 0) is 60.7 Å². The number of thioether (sulfide) groups is 1. The van der Waals surface area contributed by atoms with Gasteiger partial charge in [0.15, 0.2) is 0 Å². The highest BCUT2D eigenvalue weighted by Crippen LogP contribution is 2.37. The molecule has 1 aromatic carbocycles. The van der Waals surface area contributed by atoms with Gasteiger partial charge in [-0.15, -0.1) is 11.3 Å². The number of imide groups is 1. The lowest BCUT2D eigenvalue weighted by molar-refractivity contribution is -0.122. The molecule has 0 aliphatic carbocycles. The number of halogens is 1. The smallest absolute Gasteiger partial charge is 0.268 e. The summed E-state index contributed by atoms with van der Waals surface area (Å²) in [5.74, 6) is -0.188. The van der Waals surface area contributed by atoms with Gasteiger partial charge in [-0.2, -0.15) is 0 Å². The predicted molar refractivity (Wildman–Crippen MR) is 103 cm³/mol. The number of nitrogens with zero attached hydrogens (tertiary/aromatic N) is 1. The first-order valence-electron chi connectivity index (χ1n) is 7.35. The van der Waals surface area contributed by atoms with E-state index in [4.69, 9.17) is 11.6 Å². The van der Waals surface area contributed by atoms with Gasteiger partial charge in [0.05, 0.1) is 9.11 Å². The number of hydrogen-bond donors (Lipinski definition) is 0. The van der Waals surface area contributed by atoms with Gasteiger partial charge in [0.25, 0.3) is 11.1 Å². The second-order valence-electron chi connectivity index (χ2n) is 5.05. The van der Waals surface area contributed by atoms with E-state index in [1.54, 1.807) is 29.2 Å². The number of carbonyl (C=O) groups is 2. The number of rotatable bonds is 5. The summed E-state index contributed by atoms with van der Waals surface area (Å²) in [6.45, 7) is 2.43. The molecule has 0 radical (unpaired) electrons. The Morgan fingerprint density at radius 1 is 1.17 bits per heavy atom. The molecule has 0 spiro atoms. The van der Waals surface area contributed by atoms with E-state index in [9.17, 15) is 9.59 Å². The number of hydrogen-bond acceptors (Lipinski definition) is 5. The fourth-order valence-electron chi connectivity index (χ4n) is 2.13. The molecule has 1 aliphatic rings. The highest BCUT2D eigenvalue weighted by molar-refractivity contribution is 8.18. The van der Waals surface area contributed by atoms with Crippen LogP contribution in [0.25, 0.3) is 6.08 Å². The van der Waals surface area contributed by atoms with Crippen molar-refractivity contribution in [2.75, 3.05) is 6.54 Å². The number of carbonyl (C=O) groups excluding carboxylic acids is 2. The molecule has 24 heavy (non-hydrogen) atoms. The standard InChI is InChI=1S/C17H14ClNO2S3/c1-2-9-19-16(20)14(24-17(19)21)10-13-7-8-15(23-13)22-12-5-3-11(18)4-6-12/h3-8,10H,2,9H2,1H3/b14-10-. The third-order valence-corrected chi connectivity index (χ3v) is 6.56. The molecule has 2 aromatic rings. The topological polar surface area (TPSA) is 37.4 Å². The molecule has 0 atom stereocenters. The number of amides is 2. The second kappa shape index (κ2) is 7.78. The van der Waals surface area contributed by atoms with E-state index in [0.717, 1.165) is 32.2 Å². The lowest BCUT2D eigenvalue weighted by Crippen LogP contribution is -2.28. The molecule has 2 amide bonds. The van der Waals surface area contributed by atoms with Crippen molar-refractivity contribution in [1.82, 2.24) is 4.90 Å². The molecule has 2 heterocycles. The number of thiophene rings is 1. The van der Waals surface area contributed by atoms with E-state index in [1.165, 1.54) is 4.90 Å². The third kappa shape index (κ3) is 4.06. The first-order chi connectivity index (χ1) is 11.6. The minimum absolute atomic E-state index is 0.180. The SMILES string of the molecule is CCCN1C(=O)S/C(=C\c2ccc(Sc3ccc(Cl)cc3)s2)C1=O. The van der Waals surface area contributed by atoms with Crippen molar-refractivity contribution in [2.24, 2.45) is 0 Å². The maximum atomic E-state index is 12.2. The first kappa shape index (κ1) is 17.6. The third-order valence-electron chi connectivity index (χ3n) is 3.23. The van der Waals surface area contributed by atoms with Crippen LogP contribution in [0.5, 0.6) is 0 Å².